The number of allylic oxidation sites excluding steroid dienone is 2. The van der Waals surface area contributed by atoms with Crippen LogP contribution in [0, 0.1) is 43.9 Å². The quantitative estimate of drug-likeness (QED) is 0.00501. The second-order valence-corrected chi connectivity index (χ2v) is 25.2. The van der Waals surface area contributed by atoms with Gasteiger partial charge in [0, 0.05) is 81.6 Å². The van der Waals surface area contributed by atoms with Gasteiger partial charge in [-0.05, 0) is 150 Å². The van der Waals surface area contributed by atoms with Gasteiger partial charge in [0.15, 0.2) is 21.3 Å². The highest BCUT2D eigenvalue weighted by Crippen LogP contribution is 2.36. The van der Waals surface area contributed by atoms with Crippen molar-refractivity contribution in [3.05, 3.63) is 82.5 Å². The van der Waals surface area contributed by atoms with E-state index < -0.39 is 27.8 Å². The molecule has 0 spiro atoms. The van der Waals surface area contributed by atoms with Gasteiger partial charge in [-0.25, -0.2) is 29.9 Å². The fraction of sp³-hybridized carbons (Fsp3) is 0.588. The topological polar surface area (TPSA) is 458 Å². The van der Waals surface area contributed by atoms with Gasteiger partial charge in [0.25, 0.3) is 0 Å². The van der Waals surface area contributed by atoms with Crippen LogP contribution < -0.4 is 31.9 Å². The smallest absolute Gasteiger partial charge is 0.392 e. The summed E-state index contributed by atoms with van der Waals surface area (Å²) in [6.07, 6.45) is 24.5. The lowest BCUT2D eigenvalue weighted by Crippen LogP contribution is -2.42. The van der Waals surface area contributed by atoms with Crippen molar-refractivity contribution in [2.45, 2.75) is 178 Å². The predicted molar refractivity (Wildman–Crippen MR) is 398 cm³/mol. The summed E-state index contributed by atoms with van der Waals surface area (Å²) in [5.41, 5.74) is 2.44. The number of Topliss-reactive ketones (excluding diaryl/α,β-unsaturated/α-hetero) is 2. The summed E-state index contributed by atoms with van der Waals surface area (Å²) in [5.74, 6) is -2.20. The van der Waals surface area contributed by atoms with Crippen molar-refractivity contribution < 1.29 is 60.8 Å². The Bertz CT molecular complexity index is 3600. The molecule has 0 bridgehead atoms. The molecule has 0 unspecified atom stereocenters. The van der Waals surface area contributed by atoms with Gasteiger partial charge in [-0.1, -0.05) is 52.0 Å². The highest BCUT2D eigenvalue weighted by Gasteiger charge is 2.34. The molecule has 2 amide bonds. The number of carbonyl (C=O) groups is 8. The zero-order valence-electron chi connectivity index (χ0n) is 63.7. The number of aromatic amines is 1. The lowest BCUT2D eigenvalue weighted by Gasteiger charge is -2.28. The number of amides is 2. The number of imidazole rings is 4. The number of nitrogens with zero attached hydrogens (tertiary/aromatic N) is 13. The average molecular weight is 1500 g/mol. The van der Waals surface area contributed by atoms with Crippen LogP contribution in [0.1, 0.15) is 136 Å². The minimum Gasteiger partial charge on any atom is -0.392 e. The number of nitro groups is 2. The van der Waals surface area contributed by atoms with Gasteiger partial charge in [-0.2, -0.15) is 0 Å². The van der Waals surface area contributed by atoms with Crippen molar-refractivity contribution in [2.75, 3.05) is 59.5 Å². The van der Waals surface area contributed by atoms with E-state index in [0.29, 0.717) is 94.3 Å². The Hall–Kier alpha value is -8.78. The molecule has 576 valence electrons. The normalized spacial score (nSPS) is 13.5. The Labute approximate surface area is 619 Å². The highest BCUT2D eigenvalue weighted by molar-refractivity contribution is 7.99. The summed E-state index contributed by atoms with van der Waals surface area (Å²) < 4.78 is 24.6. The van der Waals surface area contributed by atoms with Crippen molar-refractivity contribution in [1.82, 2.24) is 90.5 Å². The van der Waals surface area contributed by atoms with E-state index in [2.05, 4.69) is 76.8 Å². The van der Waals surface area contributed by atoms with E-state index in [-0.39, 0.29) is 91.7 Å². The largest absolute Gasteiger partial charge is 0.396 e. The summed E-state index contributed by atoms with van der Waals surface area (Å²) in [6.45, 7) is 20.6. The fourth-order valence-corrected chi connectivity index (χ4v) is 11.4. The summed E-state index contributed by atoms with van der Waals surface area (Å²) in [7, 11) is 6.78. The van der Waals surface area contributed by atoms with Crippen LogP contribution >= 0.6 is 23.5 Å². The lowest BCUT2D eigenvalue weighted by atomic mass is 9.86. The van der Waals surface area contributed by atoms with E-state index in [4.69, 9.17) is 7.48 Å². The van der Waals surface area contributed by atoms with Gasteiger partial charge in [0.2, 0.25) is 24.5 Å². The minimum atomic E-state index is -0.877. The molecule has 0 saturated heterocycles. The molecule has 0 aliphatic rings. The maximum atomic E-state index is 12.3. The molecule has 0 radical (unpaired) electrons. The number of hydrogen-bond donors (Lipinski definition) is 8. The zero-order valence-corrected chi connectivity index (χ0v) is 63.4. The van der Waals surface area contributed by atoms with E-state index in [0.717, 1.165) is 101 Å². The molecule has 6 aromatic heterocycles. The molecule has 8 N–H and O–H groups in total. The Morgan fingerprint density at radius 3 is 1.58 bits per heavy atom. The second kappa shape index (κ2) is 54.8. The van der Waals surface area contributed by atoms with Crippen molar-refractivity contribution >= 4 is 106 Å². The molecule has 0 saturated carbocycles. The molecule has 104 heavy (non-hydrogen) atoms. The maximum absolute atomic E-state index is 12.3. The number of aldehydes is 4. The average Bonchev–Trinajstić information content (AvgIpc) is 1.65. The number of aromatic nitrogens is 12. The standard InChI is InChI=1S/C16H29NO3.C15H27NO3.C10H9N7O2S.C9H7N7O2S.2C9H18N2O2/c1-6-9-12(4)15(20-5)14(16(19)17-8-3)11-13(18)10-7-2;1-5-8-11(4)14(18)13(15(19)16-7-3)10-12(17)9-6-2;1-15-4-13-6-7(15)11-3-12-9(6)20-10-8(17(18)19)14-5-16(10)2;1-15-4-14-7(16(17)18)9(15)19-8-5-6(11-2-10-5)12-3-13-8;2*1-9(8-13)11-5-3-2-4-10-6-7-12/h6,9,12,14-15H,7-8,10-11H2,1-5H3,(H,17,19);5,8,11,13-14,18H,6-7,9-10H2,1-4H3,(H,16,19);3-5H,1-2H3;2-4H,1H3,(H,10,11,12,13);2*7-11H,2-6H2,1H3/b9-6+;8-5+;;;;/t12-,14+,15-;11-,13+,14-;;;2*9-/m11..00/s1/i2*2D;;;;. The number of unbranched alkanes of at least 4 members (excludes halogenated alkanes) is 2. The molecular weight excluding hydrogens is 1390 g/mol. The van der Waals surface area contributed by atoms with Gasteiger partial charge < -0.3 is 99.8 Å². The van der Waals surface area contributed by atoms with Crippen LogP contribution in [0.15, 0.2) is 82.4 Å². The molecular formula is C68H108N20O14S2. The van der Waals surface area contributed by atoms with Gasteiger partial charge in [-0.15, -0.1) is 0 Å². The van der Waals surface area contributed by atoms with Gasteiger partial charge in [-0.3, -0.25) is 19.2 Å². The van der Waals surface area contributed by atoms with E-state index in [1.807, 2.05) is 79.8 Å². The molecule has 0 aliphatic heterocycles. The van der Waals surface area contributed by atoms with Crippen molar-refractivity contribution in [1.29, 1.82) is 0 Å². The number of aryl methyl sites for hydroxylation is 3. The van der Waals surface area contributed by atoms with Crippen LogP contribution in [-0.2, 0) is 64.2 Å². The molecule has 6 heterocycles. The number of nitrogens with one attached hydrogen (secondary N) is 7. The number of carbonyl (C=O) groups excluding carboxylic acids is 8. The molecule has 8 atom stereocenters. The number of aliphatic hydroxyl groups is 1. The molecule has 36 heteroatoms. The predicted octanol–water partition coefficient (Wildman–Crippen LogP) is 6.56. The van der Waals surface area contributed by atoms with E-state index in [1.54, 1.807) is 48.2 Å². The molecule has 0 aromatic carbocycles. The van der Waals surface area contributed by atoms with Gasteiger partial charge >= 0.3 is 11.6 Å². The first-order chi connectivity index (χ1) is 50.8. The van der Waals surface area contributed by atoms with Crippen LogP contribution in [0.5, 0.6) is 0 Å². The third-order valence-electron chi connectivity index (χ3n) is 14.8. The number of fused-ring (bicyclic) bond motifs is 2. The number of ketones is 2. The molecule has 6 rings (SSSR count). The number of rotatable bonds is 43. The number of aliphatic hydroxyl groups excluding tert-OH is 1. The summed E-state index contributed by atoms with van der Waals surface area (Å²) in [5, 5.41) is 51.6. The van der Waals surface area contributed by atoms with Crippen LogP contribution in [0.2, 0.25) is 0 Å². The van der Waals surface area contributed by atoms with Crippen molar-refractivity contribution in [3.63, 3.8) is 0 Å². The van der Waals surface area contributed by atoms with Crippen molar-refractivity contribution in [2.24, 2.45) is 44.8 Å². The van der Waals surface area contributed by atoms with Gasteiger partial charge in [0.05, 0.1) is 61.9 Å². The zero-order chi connectivity index (χ0) is 79.4. The molecule has 0 fully saturated rings. The Morgan fingerprint density at radius 1 is 0.644 bits per heavy atom. The highest BCUT2D eigenvalue weighted by atomic mass is 32.2. The number of methoxy groups -OCH3 is 1. The Balaban J connectivity index is 0.000000642. The van der Waals surface area contributed by atoms with Crippen LogP contribution in [0.3, 0.4) is 0 Å². The lowest BCUT2D eigenvalue weighted by molar-refractivity contribution is -0.392. The van der Waals surface area contributed by atoms with Crippen LogP contribution in [-0.4, -0.2) is 206 Å². The summed E-state index contributed by atoms with van der Waals surface area (Å²) in [4.78, 5) is 144. The molecule has 34 nitrogen and oxygen atoms in total. The maximum Gasteiger partial charge on any atom is 0.396 e. The van der Waals surface area contributed by atoms with E-state index >= 15 is 0 Å². The first-order valence-corrected chi connectivity index (χ1v) is 35.7. The monoisotopic (exact) mass is 1490 g/mol. The second-order valence-electron chi connectivity index (χ2n) is 23.2. The Kier molecular flexibility index (Phi) is 47.1. The first-order valence-electron chi connectivity index (χ1n) is 35.5. The summed E-state index contributed by atoms with van der Waals surface area (Å²) in [6, 6.07) is -0.106. The number of hydrogen-bond acceptors (Lipinski definition) is 28. The first kappa shape index (κ1) is 89.4. The molecule has 6 aromatic rings. The minimum absolute atomic E-state index is 0.0215. The third-order valence-corrected chi connectivity index (χ3v) is 17.1. The van der Waals surface area contributed by atoms with Crippen molar-refractivity contribution in [3.8, 4) is 0 Å². The van der Waals surface area contributed by atoms with Crippen LogP contribution in [0.25, 0.3) is 22.3 Å². The fourth-order valence-electron chi connectivity index (χ4n) is 9.50. The van der Waals surface area contributed by atoms with Gasteiger partial charge in [0.1, 0.15) is 70.5 Å². The van der Waals surface area contributed by atoms with E-state index in [9.17, 15) is 63.7 Å². The third kappa shape index (κ3) is 35.1. The van der Waals surface area contributed by atoms with Crippen LogP contribution in [0.4, 0.5) is 11.6 Å². The number of ether oxygens (including phenoxy) is 1. The summed E-state index contributed by atoms with van der Waals surface area (Å²) >= 11 is 2.30. The Morgan fingerprint density at radius 2 is 1.11 bits per heavy atom. The van der Waals surface area contributed by atoms with E-state index in [1.165, 1.54) is 31.6 Å². The SMILES string of the molecule is C[C@@H](C=O)NCCCCNCC=O.C[C@@H](C=O)NCCCCNCC=O.Cn1cnc([N+](=O)[O-])c1Sc1ncnc2c1ncn2C.Cn1cnc([N+](=O)[O-])c1Sc1ncnc2nc[nH]c12.[2H]CCCC(=O)C[C@H](C(=O)NCC)[C@H](O)[C@H](C)/C=C/C.[2H]CCCC(=O)C[C@H](C(=O)NCC)[C@H](OC)[C@H](C)/C=C/C. The molecule has 0 aliphatic carbocycles. The number of H-pyrrole nitrogens is 1.